The zero-order valence-corrected chi connectivity index (χ0v) is 21.0. The highest BCUT2D eigenvalue weighted by Gasteiger charge is 2.33. The summed E-state index contributed by atoms with van der Waals surface area (Å²) in [5, 5.41) is 4.54. The van der Waals surface area contributed by atoms with E-state index in [1.54, 1.807) is 16.8 Å². The molecule has 0 radical (unpaired) electrons. The Kier molecular flexibility index (Phi) is 7.22. The lowest BCUT2D eigenvalue weighted by Gasteiger charge is -2.13. The maximum absolute atomic E-state index is 13.3. The standard InChI is InChI=1S/C25H34N4O2S/c1-17(2)13-24-25(19(4)29(7)26-24)27-32(30,31)22-11-12-23(18(3)14-22)21-10-8-9-20(15-21)16-28(5)6/h8-12,14-15,17H,13,16H2,1-7H3,(H-,27,30,31)/p+1. The van der Waals surface area contributed by atoms with Crippen molar-refractivity contribution < 1.29 is 8.76 Å². The van der Waals surface area contributed by atoms with Gasteiger partial charge >= 0.3 is 10.4 Å². The molecule has 0 amide bonds. The van der Waals surface area contributed by atoms with Gasteiger partial charge in [-0.05, 0) is 84.9 Å². The van der Waals surface area contributed by atoms with Crippen LogP contribution in [0.1, 0.15) is 36.4 Å². The molecule has 0 fully saturated rings. The third-order valence-electron chi connectivity index (χ3n) is 5.50. The average Bonchev–Trinajstić information content (AvgIpc) is 2.94. The summed E-state index contributed by atoms with van der Waals surface area (Å²) in [6.45, 7) is 8.97. The van der Waals surface area contributed by atoms with Crippen molar-refractivity contribution in [1.82, 2.24) is 14.7 Å². The van der Waals surface area contributed by atoms with E-state index in [1.807, 2.05) is 41.1 Å². The minimum Gasteiger partial charge on any atom is -0.305 e. The first kappa shape index (κ1) is 24.2. The maximum atomic E-state index is 13.3. The number of rotatable bonds is 8. The highest BCUT2D eigenvalue weighted by molar-refractivity contribution is 7.99. The number of aryl methyl sites for hydroxylation is 2. The quantitative estimate of drug-likeness (QED) is 0.451. The van der Waals surface area contributed by atoms with Gasteiger partial charge in [-0.1, -0.05) is 32.0 Å². The lowest BCUT2D eigenvalue weighted by molar-refractivity contribution is 0.402. The lowest BCUT2D eigenvalue weighted by Crippen LogP contribution is -2.22. The molecular weight excluding hydrogens is 420 g/mol. The topological polar surface area (TPSA) is 70.4 Å². The summed E-state index contributed by atoms with van der Waals surface area (Å²) < 4.78 is 28.9. The lowest BCUT2D eigenvalue weighted by atomic mass is 9.99. The molecule has 1 aromatic heterocycles. The molecule has 0 saturated heterocycles. The molecule has 1 unspecified atom stereocenters. The van der Waals surface area contributed by atoms with Crippen LogP contribution >= 0.6 is 0 Å². The number of hydrogen-bond acceptors (Lipinski definition) is 3. The molecule has 3 rings (SSSR count). The van der Waals surface area contributed by atoms with E-state index in [1.165, 1.54) is 5.56 Å². The van der Waals surface area contributed by atoms with E-state index in [-0.39, 0.29) is 0 Å². The van der Waals surface area contributed by atoms with E-state index in [0.29, 0.717) is 16.5 Å². The van der Waals surface area contributed by atoms with Crippen LogP contribution < -0.4 is 4.72 Å². The van der Waals surface area contributed by atoms with Gasteiger partial charge in [-0.15, -0.1) is 0 Å². The molecule has 7 heteroatoms. The van der Waals surface area contributed by atoms with Crippen molar-refractivity contribution in [1.29, 1.82) is 0 Å². The average molecular weight is 456 g/mol. The van der Waals surface area contributed by atoms with Gasteiger partial charge in [-0.2, -0.15) is 14.4 Å². The molecule has 6 nitrogen and oxygen atoms in total. The van der Waals surface area contributed by atoms with Crippen LogP contribution in [0.25, 0.3) is 11.1 Å². The number of nitrogens with one attached hydrogen (secondary N) is 1. The van der Waals surface area contributed by atoms with Gasteiger partial charge in [0.15, 0.2) is 0 Å². The highest BCUT2D eigenvalue weighted by atomic mass is 32.3. The fourth-order valence-electron chi connectivity index (χ4n) is 3.87. The fourth-order valence-corrected chi connectivity index (χ4v) is 5.12. The Balaban J connectivity index is 1.91. The van der Waals surface area contributed by atoms with Gasteiger partial charge in [0.25, 0.3) is 0 Å². The van der Waals surface area contributed by atoms with Crippen LogP contribution in [-0.4, -0.2) is 33.3 Å². The summed E-state index contributed by atoms with van der Waals surface area (Å²) in [4.78, 5) is 2.50. The summed E-state index contributed by atoms with van der Waals surface area (Å²) in [5.74, 6) is 0.393. The van der Waals surface area contributed by atoms with Crippen molar-refractivity contribution in [2.24, 2.45) is 13.0 Å². The zero-order valence-electron chi connectivity index (χ0n) is 20.1. The van der Waals surface area contributed by atoms with Crippen molar-refractivity contribution in [3.8, 4) is 11.1 Å². The maximum Gasteiger partial charge on any atom is 0.346 e. The first-order valence-corrected chi connectivity index (χ1v) is 12.4. The van der Waals surface area contributed by atoms with Crippen molar-refractivity contribution in [2.75, 3.05) is 18.8 Å². The Hall–Kier alpha value is -2.48. The van der Waals surface area contributed by atoms with Gasteiger partial charge in [0, 0.05) is 19.7 Å². The molecule has 0 saturated carbocycles. The Morgan fingerprint density at radius 2 is 1.88 bits per heavy atom. The number of benzene rings is 2. The predicted molar refractivity (Wildman–Crippen MR) is 133 cm³/mol. The first-order chi connectivity index (χ1) is 15.0. The van der Waals surface area contributed by atoms with E-state index >= 15 is 0 Å². The molecule has 1 heterocycles. The van der Waals surface area contributed by atoms with Gasteiger partial charge < -0.3 is 4.90 Å². The second-order valence-electron chi connectivity index (χ2n) is 9.17. The van der Waals surface area contributed by atoms with Gasteiger partial charge in [0.1, 0.15) is 5.69 Å². The van der Waals surface area contributed by atoms with Gasteiger partial charge in [0.05, 0.1) is 11.4 Å². The van der Waals surface area contributed by atoms with Gasteiger partial charge in [-0.3, -0.25) is 4.68 Å². The minimum absolute atomic E-state index is 0.363. The van der Waals surface area contributed by atoms with Crippen LogP contribution in [-0.2, 0) is 34.6 Å². The summed E-state index contributed by atoms with van der Waals surface area (Å²) in [7, 11) is 2.47. The van der Waals surface area contributed by atoms with Crippen molar-refractivity contribution in [3.05, 3.63) is 65.0 Å². The SMILES string of the molecule is Cc1cc([S+](=O)(O)Nc2c(CC(C)C)nn(C)c2C)ccc1-c1cccc(CN(C)C)c1. The molecule has 2 N–H and O–H groups in total. The molecule has 0 aliphatic heterocycles. The van der Waals surface area contributed by atoms with Crippen LogP contribution in [0.5, 0.6) is 0 Å². The van der Waals surface area contributed by atoms with Crippen LogP contribution in [0, 0.1) is 19.8 Å². The summed E-state index contributed by atoms with van der Waals surface area (Å²) in [6.07, 6.45) is 0.737. The largest absolute Gasteiger partial charge is 0.346 e. The molecule has 172 valence electrons. The summed E-state index contributed by atoms with van der Waals surface area (Å²) in [6, 6.07) is 13.9. The Morgan fingerprint density at radius 1 is 1.16 bits per heavy atom. The number of aromatic nitrogens is 2. The second-order valence-corrected chi connectivity index (χ2v) is 10.9. The van der Waals surface area contributed by atoms with Crippen molar-refractivity contribution >= 4 is 16.1 Å². The van der Waals surface area contributed by atoms with E-state index in [0.717, 1.165) is 41.0 Å². The molecule has 0 aliphatic rings. The molecule has 0 spiro atoms. The van der Waals surface area contributed by atoms with Crippen LogP contribution in [0.3, 0.4) is 0 Å². The number of anilines is 1. The molecule has 32 heavy (non-hydrogen) atoms. The smallest absolute Gasteiger partial charge is 0.305 e. The Labute approximate surface area is 193 Å². The summed E-state index contributed by atoms with van der Waals surface area (Å²) >= 11 is 0. The minimum atomic E-state index is -3.49. The molecule has 2 aromatic carbocycles. The van der Waals surface area contributed by atoms with Crippen LogP contribution in [0.15, 0.2) is 47.4 Å². The fraction of sp³-hybridized carbons (Fsp3) is 0.400. The van der Waals surface area contributed by atoms with E-state index in [9.17, 15) is 8.76 Å². The zero-order chi connectivity index (χ0) is 23.6. The van der Waals surface area contributed by atoms with Crippen molar-refractivity contribution in [3.63, 3.8) is 0 Å². The first-order valence-electron chi connectivity index (χ1n) is 10.9. The molecule has 0 bridgehead atoms. The van der Waals surface area contributed by atoms with Crippen molar-refractivity contribution in [2.45, 2.75) is 45.6 Å². The second kappa shape index (κ2) is 9.57. The molecule has 1 atom stereocenters. The third kappa shape index (κ3) is 5.46. The monoisotopic (exact) mass is 455 g/mol. The molecular formula is C25H35N4O2S+. The van der Waals surface area contributed by atoms with Gasteiger partial charge in [-0.25, -0.2) is 0 Å². The summed E-state index contributed by atoms with van der Waals surface area (Å²) in [5.41, 5.74) is 6.65. The van der Waals surface area contributed by atoms with E-state index in [2.05, 4.69) is 52.8 Å². The number of nitrogens with zero attached hydrogens (tertiary/aromatic N) is 3. The van der Waals surface area contributed by atoms with E-state index < -0.39 is 10.4 Å². The molecule has 0 aliphatic carbocycles. The molecule has 3 aromatic rings. The van der Waals surface area contributed by atoms with Crippen LogP contribution in [0.2, 0.25) is 0 Å². The predicted octanol–water partition coefficient (Wildman–Crippen LogP) is 5.32. The Bertz CT molecular complexity index is 1150. The third-order valence-corrected chi connectivity index (χ3v) is 6.88. The highest BCUT2D eigenvalue weighted by Crippen LogP contribution is 2.31. The normalized spacial score (nSPS) is 13.6. The van der Waals surface area contributed by atoms with E-state index in [4.69, 9.17) is 0 Å². The van der Waals surface area contributed by atoms with Gasteiger partial charge in [0.2, 0.25) is 4.90 Å². The number of hydrogen-bond donors (Lipinski definition) is 2. The van der Waals surface area contributed by atoms with Crippen LogP contribution in [0.4, 0.5) is 5.69 Å². The Morgan fingerprint density at radius 3 is 2.50 bits per heavy atom.